The highest BCUT2D eigenvalue weighted by Crippen LogP contribution is 2.45. The van der Waals surface area contributed by atoms with Gasteiger partial charge in [-0.3, -0.25) is 14.5 Å². The Morgan fingerprint density at radius 1 is 1.10 bits per heavy atom. The van der Waals surface area contributed by atoms with E-state index in [9.17, 15) is 24.6 Å². The molecule has 0 aliphatic carbocycles. The minimum atomic E-state index is -2.59. The van der Waals surface area contributed by atoms with Crippen LogP contribution in [0.4, 0.5) is 4.79 Å². The smallest absolute Gasteiger partial charge is 0.317 e. The number of piperidine rings is 1. The number of likely N-dealkylation sites (tertiary alicyclic amines) is 2. The van der Waals surface area contributed by atoms with Gasteiger partial charge in [-0.1, -0.05) is 30.3 Å². The highest BCUT2D eigenvalue weighted by molar-refractivity contribution is 6.02. The van der Waals surface area contributed by atoms with Crippen LogP contribution in [-0.4, -0.2) is 110 Å². The Bertz CT molecular complexity index is 1240. The van der Waals surface area contributed by atoms with Gasteiger partial charge in [0.2, 0.25) is 17.6 Å². The summed E-state index contributed by atoms with van der Waals surface area (Å²) in [5.41, 5.74) is 11.7. The molecule has 6 rings (SSSR count). The van der Waals surface area contributed by atoms with Crippen LogP contribution < -0.4 is 22.1 Å². The Morgan fingerprint density at radius 2 is 1.82 bits per heavy atom. The second kappa shape index (κ2) is 9.09. The topological polar surface area (TPSA) is 202 Å². The number of hydrogen-bond donors (Lipinski definition) is 6. The van der Waals surface area contributed by atoms with Crippen molar-refractivity contribution < 1.29 is 24.6 Å². The Labute approximate surface area is 224 Å². The molecule has 1 aromatic carbocycles. The zero-order chi connectivity index (χ0) is 27.5. The van der Waals surface area contributed by atoms with Gasteiger partial charge >= 0.3 is 6.03 Å². The lowest BCUT2D eigenvalue weighted by Gasteiger charge is -2.49. The van der Waals surface area contributed by atoms with E-state index in [2.05, 4.69) is 20.6 Å². The molecule has 208 valence electrons. The average Bonchev–Trinajstić information content (AvgIpc) is 3.52. The van der Waals surface area contributed by atoms with Crippen LogP contribution in [0.3, 0.4) is 0 Å². The molecule has 4 amide bonds. The molecule has 3 saturated heterocycles. The standard InChI is InChI=1S/C25H33N9O5/c26-21-30-20-16(12-33-18(35)8-9-19(33)36)28-22(27)34-13-17(25(38,39)24(20,34)31-21)29-23(37)32-10-4-7-15(11-32)14-5-2-1-3-6-14/h1-3,5-6,15-17,20,38-39H,4,7-13H2,(H2,27,28)(H,29,37)(H3,26,30,31)/t15?,16-,17-,20-,24-/m0/s1. The highest BCUT2D eigenvalue weighted by atomic mass is 16.5. The second-order valence-electron chi connectivity index (χ2n) is 10.8. The van der Waals surface area contributed by atoms with E-state index >= 15 is 0 Å². The van der Waals surface area contributed by atoms with Crippen LogP contribution >= 0.6 is 0 Å². The number of aliphatic imine (C=N–C) groups is 2. The van der Waals surface area contributed by atoms with Crippen LogP contribution in [0.5, 0.6) is 0 Å². The van der Waals surface area contributed by atoms with Crippen molar-refractivity contribution >= 4 is 29.8 Å². The molecule has 14 heteroatoms. The summed E-state index contributed by atoms with van der Waals surface area (Å²) in [5.74, 6) is -3.19. The number of imide groups is 1. The molecule has 14 nitrogen and oxygen atoms in total. The third-order valence-corrected chi connectivity index (χ3v) is 8.60. The molecule has 3 fully saturated rings. The van der Waals surface area contributed by atoms with Crippen molar-refractivity contribution in [2.45, 2.75) is 61.2 Å². The summed E-state index contributed by atoms with van der Waals surface area (Å²) in [5, 5.41) is 29.0. The van der Waals surface area contributed by atoms with Gasteiger partial charge in [0.25, 0.3) is 0 Å². The fourth-order valence-corrected chi connectivity index (χ4v) is 6.65. The quantitative estimate of drug-likeness (QED) is 0.181. The summed E-state index contributed by atoms with van der Waals surface area (Å²) in [6, 6.07) is 6.52. The van der Waals surface area contributed by atoms with Crippen LogP contribution in [0.25, 0.3) is 0 Å². The number of nitrogens with one attached hydrogen (secondary N) is 2. The van der Waals surface area contributed by atoms with Crippen molar-refractivity contribution in [2.75, 3.05) is 26.2 Å². The summed E-state index contributed by atoms with van der Waals surface area (Å²) in [6.07, 6.45) is 1.99. The van der Waals surface area contributed by atoms with Gasteiger partial charge < -0.3 is 42.1 Å². The monoisotopic (exact) mass is 539 g/mol. The van der Waals surface area contributed by atoms with Crippen LogP contribution in [0, 0.1) is 0 Å². The summed E-state index contributed by atoms with van der Waals surface area (Å²) in [7, 11) is 0. The summed E-state index contributed by atoms with van der Waals surface area (Å²) in [6.45, 7) is 0.840. The first-order valence-electron chi connectivity index (χ1n) is 13.2. The van der Waals surface area contributed by atoms with Gasteiger partial charge in [-0.05, 0) is 18.4 Å². The number of carbonyl (C=O) groups is 3. The number of hydrogen-bond acceptors (Lipinski definition) is 11. The molecule has 0 aromatic heterocycles. The van der Waals surface area contributed by atoms with Crippen LogP contribution in [0.2, 0.25) is 0 Å². The molecular weight excluding hydrogens is 506 g/mol. The maximum Gasteiger partial charge on any atom is 0.317 e. The first kappa shape index (κ1) is 25.4. The first-order chi connectivity index (χ1) is 18.6. The van der Waals surface area contributed by atoms with E-state index in [1.807, 2.05) is 30.3 Å². The van der Waals surface area contributed by atoms with Crippen molar-refractivity contribution in [1.29, 1.82) is 0 Å². The molecule has 8 N–H and O–H groups in total. The van der Waals surface area contributed by atoms with Crippen LogP contribution in [0.1, 0.15) is 37.2 Å². The van der Waals surface area contributed by atoms with Crippen LogP contribution in [0.15, 0.2) is 40.3 Å². The van der Waals surface area contributed by atoms with Gasteiger partial charge in [-0.2, -0.15) is 0 Å². The summed E-state index contributed by atoms with van der Waals surface area (Å²) >= 11 is 0. The number of amides is 4. The molecule has 1 spiro atoms. The number of rotatable bonds is 4. The number of guanidine groups is 2. The predicted molar refractivity (Wildman–Crippen MR) is 139 cm³/mol. The minimum absolute atomic E-state index is 0.0425. The van der Waals surface area contributed by atoms with Crippen molar-refractivity contribution in [2.24, 2.45) is 21.5 Å². The van der Waals surface area contributed by atoms with Gasteiger partial charge in [0.1, 0.15) is 12.1 Å². The molecule has 1 unspecified atom stereocenters. The minimum Gasteiger partial charge on any atom is -0.370 e. The second-order valence-corrected chi connectivity index (χ2v) is 10.8. The molecular formula is C25H33N9O5. The molecule has 5 aliphatic heterocycles. The fourth-order valence-electron chi connectivity index (χ4n) is 6.65. The van der Waals surface area contributed by atoms with E-state index in [0.717, 1.165) is 23.3 Å². The maximum atomic E-state index is 13.4. The number of urea groups is 1. The third-order valence-electron chi connectivity index (χ3n) is 8.60. The number of aliphatic hydroxyl groups is 2. The van der Waals surface area contributed by atoms with Crippen molar-refractivity contribution in [3.8, 4) is 0 Å². The van der Waals surface area contributed by atoms with Gasteiger partial charge in [0.15, 0.2) is 17.6 Å². The van der Waals surface area contributed by atoms with Crippen molar-refractivity contribution in [3.63, 3.8) is 0 Å². The SMILES string of the molecule is NC1=N[C@H]2[C@H](CN3C(=O)CCC3=O)N=C(N)N3C[C@H](NC(=O)N4CCCC(c5ccccc5)C4)C(O)(O)[C@]23N1. The maximum absolute atomic E-state index is 13.4. The van der Waals surface area contributed by atoms with Gasteiger partial charge in [0.05, 0.1) is 12.6 Å². The van der Waals surface area contributed by atoms with E-state index < -0.39 is 35.6 Å². The van der Waals surface area contributed by atoms with E-state index in [0.29, 0.717) is 13.1 Å². The fraction of sp³-hybridized carbons (Fsp3) is 0.560. The molecule has 39 heavy (non-hydrogen) atoms. The average molecular weight is 540 g/mol. The number of nitrogens with zero attached hydrogens (tertiary/aromatic N) is 5. The summed E-state index contributed by atoms with van der Waals surface area (Å²) in [4.78, 5) is 51.0. The van der Waals surface area contributed by atoms with Gasteiger partial charge in [-0.15, -0.1) is 0 Å². The van der Waals surface area contributed by atoms with Crippen LogP contribution in [-0.2, 0) is 9.59 Å². The lowest BCUT2D eigenvalue weighted by Crippen LogP contribution is -2.78. The predicted octanol–water partition coefficient (Wildman–Crippen LogP) is -2.23. The molecule has 1 aromatic rings. The Morgan fingerprint density at radius 3 is 2.54 bits per heavy atom. The molecule has 5 aliphatic rings. The lowest BCUT2D eigenvalue weighted by molar-refractivity contribution is -0.230. The van der Waals surface area contributed by atoms with Gasteiger partial charge in [-0.25, -0.2) is 14.8 Å². The number of carbonyl (C=O) groups excluding carboxylic acids is 3. The Balaban J connectivity index is 1.23. The van der Waals surface area contributed by atoms with E-state index in [4.69, 9.17) is 11.5 Å². The number of nitrogens with two attached hydrogens (primary N) is 2. The molecule has 0 saturated carbocycles. The lowest BCUT2D eigenvalue weighted by atomic mass is 9.85. The van der Waals surface area contributed by atoms with E-state index in [1.165, 1.54) is 4.90 Å². The van der Waals surface area contributed by atoms with E-state index in [-0.39, 0.29) is 55.6 Å². The number of benzene rings is 1. The van der Waals surface area contributed by atoms with E-state index in [1.54, 1.807) is 4.90 Å². The van der Waals surface area contributed by atoms with Crippen molar-refractivity contribution in [1.82, 2.24) is 25.3 Å². The summed E-state index contributed by atoms with van der Waals surface area (Å²) < 4.78 is 0. The first-order valence-corrected chi connectivity index (χ1v) is 13.2. The molecule has 5 heterocycles. The Kier molecular flexibility index (Phi) is 5.91. The third kappa shape index (κ3) is 3.88. The zero-order valence-electron chi connectivity index (χ0n) is 21.4. The Hall–Kier alpha value is -3.91. The highest BCUT2D eigenvalue weighted by Gasteiger charge is 2.73. The molecule has 5 atom stereocenters. The molecule has 0 radical (unpaired) electrons. The van der Waals surface area contributed by atoms with Crippen molar-refractivity contribution in [3.05, 3.63) is 35.9 Å². The molecule has 0 bridgehead atoms. The van der Waals surface area contributed by atoms with Gasteiger partial charge in [0, 0.05) is 38.4 Å². The zero-order valence-corrected chi connectivity index (χ0v) is 21.4. The largest absolute Gasteiger partial charge is 0.370 e. The normalized spacial score (nSPS) is 33.3.